The molecule has 2 N–H and O–H groups in total. The van der Waals surface area contributed by atoms with E-state index in [1.807, 2.05) is 24.4 Å². The van der Waals surface area contributed by atoms with E-state index in [9.17, 15) is 9.18 Å². The second kappa shape index (κ2) is 8.91. The minimum atomic E-state index is -0.995. The van der Waals surface area contributed by atoms with E-state index in [-0.39, 0.29) is 11.4 Å². The monoisotopic (exact) mass is 499 g/mol. The average molecular weight is 501 g/mol. The van der Waals surface area contributed by atoms with Gasteiger partial charge in [0.05, 0.1) is 22.0 Å². The molecule has 0 unspecified atom stereocenters. The number of hydrogen-bond donors (Lipinski definition) is 2. The molecule has 31 heavy (non-hydrogen) atoms. The summed E-state index contributed by atoms with van der Waals surface area (Å²) in [4.78, 5) is 11.1. The van der Waals surface area contributed by atoms with E-state index in [4.69, 9.17) is 16.7 Å². The average Bonchev–Trinajstić information content (AvgIpc) is 3.19. The molecule has 4 rings (SSSR count). The smallest absolute Gasteiger partial charge is 0.335 e. The molecule has 0 amide bonds. The third kappa shape index (κ3) is 4.78. The lowest BCUT2D eigenvalue weighted by molar-refractivity contribution is 0.0697. The van der Waals surface area contributed by atoms with Crippen LogP contribution in [0.15, 0.2) is 77.4 Å². The van der Waals surface area contributed by atoms with Gasteiger partial charge in [-0.3, -0.25) is 0 Å². The standard InChI is InChI=1S/C23H16BrClFN3O2/c24-20-9-6-18(11-21(20)25)27-12-16-13-29(19-7-4-14(5-8-19)23(30)31)28-22(16)15-2-1-3-17(26)10-15/h1-11,13,27H,12H2,(H,30,31). The maximum Gasteiger partial charge on any atom is 0.335 e. The summed E-state index contributed by atoms with van der Waals surface area (Å²) in [6.07, 6.45) is 1.84. The van der Waals surface area contributed by atoms with Crippen molar-refractivity contribution in [3.8, 4) is 16.9 Å². The van der Waals surface area contributed by atoms with Gasteiger partial charge < -0.3 is 10.4 Å². The van der Waals surface area contributed by atoms with Crippen molar-refractivity contribution in [2.24, 2.45) is 0 Å². The Kier molecular flexibility index (Phi) is 6.06. The Morgan fingerprint density at radius 2 is 1.90 bits per heavy atom. The fraction of sp³-hybridized carbons (Fsp3) is 0.0435. The van der Waals surface area contributed by atoms with Crippen molar-refractivity contribution in [1.29, 1.82) is 0 Å². The highest BCUT2D eigenvalue weighted by Gasteiger charge is 2.14. The van der Waals surface area contributed by atoms with E-state index in [2.05, 4.69) is 26.3 Å². The van der Waals surface area contributed by atoms with Crippen LogP contribution >= 0.6 is 27.5 Å². The van der Waals surface area contributed by atoms with Gasteiger partial charge in [0, 0.05) is 34.0 Å². The first-order valence-corrected chi connectivity index (χ1v) is 10.4. The first kappa shape index (κ1) is 21.1. The molecule has 0 spiro atoms. The van der Waals surface area contributed by atoms with Crippen molar-refractivity contribution in [3.63, 3.8) is 0 Å². The molecule has 4 aromatic rings. The Morgan fingerprint density at radius 3 is 2.58 bits per heavy atom. The molecule has 3 aromatic carbocycles. The molecule has 0 bridgehead atoms. The largest absolute Gasteiger partial charge is 0.478 e. The van der Waals surface area contributed by atoms with Crippen LogP contribution in [-0.4, -0.2) is 20.9 Å². The normalized spacial score (nSPS) is 10.8. The molecule has 1 aromatic heterocycles. The molecule has 0 aliphatic heterocycles. The van der Waals surface area contributed by atoms with Crippen molar-refractivity contribution in [3.05, 3.63) is 99.4 Å². The van der Waals surface area contributed by atoms with Gasteiger partial charge in [0.1, 0.15) is 5.82 Å². The molecule has 156 valence electrons. The molecular formula is C23H16BrClFN3O2. The number of nitrogens with zero attached hydrogens (tertiary/aromatic N) is 2. The van der Waals surface area contributed by atoms with Crippen molar-refractivity contribution in [2.75, 3.05) is 5.32 Å². The van der Waals surface area contributed by atoms with E-state index in [1.165, 1.54) is 24.3 Å². The molecule has 0 fully saturated rings. The molecule has 1 heterocycles. The number of aromatic carboxylic acids is 1. The molecule has 0 radical (unpaired) electrons. The predicted octanol–water partition coefficient (Wildman–Crippen LogP) is 6.40. The molecule has 0 saturated heterocycles. The van der Waals surface area contributed by atoms with Gasteiger partial charge in [-0.25, -0.2) is 13.9 Å². The van der Waals surface area contributed by atoms with Crippen LogP contribution in [0.2, 0.25) is 5.02 Å². The topological polar surface area (TPSA) is 67.2 Å². The Balaban J connectivity index is 1.69. The summed E-state index contributed by atoms with van der Waals surface area (Å²) in [5, 5.41) is 17.6. The SMILES string of the molecule is O=C(O)c1ccc(-n2cc(CNc3ccc(Br)c(Cl)c3)c(-c3cccc(F)c3)n2)cc1. The minimum absolute atomic E-state index is 0.190. The second-order valence-corrected chi connectivity index (χ2v) is 8.05. The van der Waals surface area contributed by atoms with Gasteiger partial charge in [0.25, 0.3) is 0 Å². The van der Waals surface area contributed by atoms with Gasteiger partial charge in [-0.15, -0.1) is 0 Å². The highest BCUT2D eigenvalue weighted by Crippen LogP contribution is 2.28. The van der Waals surface area contributed by atoms with E-state index >= 15 is 0 Å². The van der Waals surface area contributed by atoms with Crippen LogP contribution < -0.4 is 5.32 Å². The maximum absolute atomic E-state index is 13.8. The van der Waals surface area contributed by atoms with Crippen molar-refractivity contribution in [1.82, 2.24) is 9.78 Å². The van der Waals surface area contributed by atoms with Gasteiger partial charge >= 0.3 is 5.97 Å². The van der Waals surface area contributed by atoms with Crippen LogP contribution in [0, 0.1) is 5.82 Å². The second-order valence-electron chi connectivity index (χ2n) is 6.79. The van der Waals surface area contributed by atoms with Gasteiger partial charge in [0.2, 0.25) is 0 Å². The van der Waals surface area contributed by atoms with Gasteiger partial charge in [-0.1, -0.05) is 23.7 Å². The van der Waals surface area contributed by atoms with Gasteiger partial charge in [0.15, 0.2) is 0 Å². The van der Waals surface area contributed by atoms with Crippen molar-refractivity contribution >= 4 is 39.2 Å². The summed E-state index contributed by atoms with van der Waals surface area (Å²) in [6, 6.07) is 18.2. The van der Waals surface area contributed by atoms with Crippen LogP contribution in [0.5, 0.6) is 0 Å². The lowest BCUT2D eigenvalue weighted by Gasteiger charge is -2.08. The number of carbonyl (C=O) groups is 1. The summed E-state index contributed by atoms with van der Waals surface area (Å²) in [5.74, 6) is -1.35. The molecule has 8 heteroatoms. The van der Waals surface area contributed by atoms with Crippen LogP contribution in [0.4, 0.5) is 10.1 Å². The number of benzene rings is 3. The number of halogens is 3. The predicted molar refractivity (Wildman–Crippen MR) is 122 cm³/mol. The Hall–Kier alpha value is -3.16. The highest BCUT2D eigenvalue weighted by atomic mass is 79.9. The summed E-state index contributed by atoms with van der Waals surface area (Å²) in [7, 11) is 0. The number of aromatic nitrogens is 2. The summed E-state index contributed by atoms with van der Waals surface area (Å²) < 4.78 is 16.3. The molecule has 0 saturated carbocycles. The Labute approximate surface area is 191 Å². The summed E-state index contributed by atoms with van der Waals surface area (Å²) in [6.45, 7) is 0.428. The van der Waals surface area contributed by atoms with Crippen molar-refractivity contribution < 1.29 is 14.3 Å². The summed E-state index contributed by atoms with van der Waals surface area (Å²) >= 11 is 9.54. The quantitative estimate of drug-likeness (QED) is 0.321. The van der Waals surface area contributed by atoms with Gasteiger partial charge in [-0.2, -0.15) is 5.10 Å². The van der Waals surface area contributed by atoms with E-state index in [1.54, 1.807) is 28.9 Å². The summed E-state index contributed by atoms with van der Waals surface area (Å²) in [5.41, 5.74) is 3.82. The molecule has 5 nitrogen and oxygen atoms in total. The lowest BCUT2D eigenvalue weighted by atomic mass is 10.1. The number of rotatable bonds is 6. The molecule has 0 aliphatic carbocycles. The first-order chi connectivity index (χ1) is 14.9. The zero-order chi connectivity index (χ0) is 22.0. The third-order valence-corrected chi connectivity index (χ3v) is 5.90. The number of anilines is 1. The fourth-order valence-corrected chi connectivity index (χ4v) is 3.54. The Morgan fingerprint density at radius 1 is 1.13 bits per heavy atom. The third-order valence-electron chi connectivity index (χ3n) is 4.67. The van der Waals surface area contributed by atoms with E-state index in [0.29, 0.717) is 28.5 Å². The molecule has 0 atom stereocenters. The minimum Gasteiger partial charge on any atom is -0.478 e. The Bertz CT molecular complexity index is 1260. The number of nitrogens with one attached hydrogen (secondary N) is 1. The van der Waals surface area contributed by atoms with Crippen LogP contribution in [-0.2, 0) is 6.54 Å². The number of hydrogen-bond acceptors (Lipinski definition) is 3. The first-order valence-electron chi connectivity index (χ1n) is 9.28. The number of carboxylic acids is 1. The highest BCUT2D eigenvalue weighted by molar-refractivity contribution is 9.10. The van der Waals surface area contributed by atoms with Crippen LogP contribution in [0.25, 0.3) is 16.9 Å². The molecular weight excluding hydrogens is 485 g/mol. The number of carboxylic acid groups (broad SMARTS) is 1. The zero-order valence-corrected chi connectivity index (χ0v) is 18.4. The van der Waals surface area contributed by atoms with Gasteiger partial charge in [-0.05, 0) is 70.5 Å². The lowest BCUT2D eigenvalue weighted by Crippen LogP contribution is -2.00. The van der Waals surface area contributed by atoms with Crippen LogP contribution in [0.1, 0.15) is 15.9 Å². The van der Waals surface area contributed by atoms with Crippen LogP contribution in [0.3, 0.4) is 0 Å². The molecule has 0 aliphatic rings. The maximum atomic E-state index is 13.8. The fourth-order valence-electron chi connectivity index (χ4n) is 3.11. The van der Waals surface area contributed by atoms with E-state index in [0.717, 1.165) is 15.7 Å². The van der Waals surface area contributed by atoms with E-state index < -0.39 is 5.97 Å². The zero-order valence-electron chi connectivity index (χ0n) is 16.0. The van der Waals surface area contributed by atoms with Crippen molar-refractivity contribution in [2.45, 2.75) is 6.54 Å².